The van der Waals surface area contributed by atoms with Gasteiger partial charge in [-0.3, -0.25) is 4.79 Å². The summed E-state index contributed by atoms with van der Waals surface area (Å²) in [7, 11) is 0. The summed E-state index contributed by atoms with van der Waals surface area (Å²) in [6.45, 7) is 7.51. The van der Waals surface area contributed by atoms with Crippen LogP contribution in [-0.4, -0.2) is 23.4 Å². The molecule has 0 bridgehead atoms. The maximum absolute atomic E-state index is 12.0. The van der Waals surface area contributed by atoms with Crippen LogP contribution in [0.2, 0.25) is 0 Å². The van der Waals surface area contributed by atoms with Crippen molar-refractivity contribution in [1.29, 1.82) is 0 Å². The molecule has 13 heavy (non-hydrogen) atoms. The molecule has 74 valence electrons. The van der Waals surface area contributed by atoms with Gasteiger partial charge in [0.15, 0.2) is 0 Å². The number of amides is 1. The molecular weight excluding hydrogens is 162 g/mol. The fraction of sp³-hybridized carbons (Fsp3) is 0.909. The van der Waals surface area contributed by atoms with Gasteiger partial charge in [0.05, 0.1) is 0 Å². The molecule has 2 aliphatic rings. The van der Waals surface area contributed by atoms with Crippen LogP contribution >= 0.6 is 0 Å². The van der Waals surface area contributed by atoms with Crippen LogP contribution < -0.4 is 0 Å². The molecular formula is C11H19NO. The topological polar surface area (TPSA) is 20.3 Å². The minimum atomic E-state index is 0.0261. The van der Waals surface area contributed by atoms with E-state index in [2.05, 4.69) is 25.7 Å². The maximum atomic E-state index is 12.0. The van der Waals surface area contributed by atoms with E-state index >= 15 is 0 Å². The molecule has 0 aromatic carbocycles. The Morgan fingerprint density at radius 3 is 2.38 bits per heavy atom. The van der Waals surface area contributed by atoms with Crippen molar-refractivity contribution in [2.45, 2.75) is 46.1 Å². The number of hydrogen-bond acceptors (Lipinski definition) is 1. The highest BCUT2D eigenvalue weighted by Crippen LogP contribution is 2.47. The monoisotopic (exact) mass is 181 g/mol. The first-order valence-electron chi connectivity index (χ1n) is 5.36. The predicted molar refractivity (Wildman–Crippen MR) is 52.3 cm³/mol. The molecule has 2 atom stereocenters. The highest BCUT2D eigenvalue weighted by molar-refractivity contribution is 5.85. The lowest BCUT2D eigenvalue weighted by Crippen LogP contribution is -2.39. The van der Waals surface area contributed by atoms with Gasteiger partial charge in [0, 0.05) is 18.0 Å². The van der Waals surface area contributed by atoms with Gasteiger partial charge in [-0.15, -0.1) is 0 Å². The summed E-state index contributed by atoms with van der Waals surface area (Å²) in [6, 6.07) is 0.463. The van der Waals surface area contributed by atoms with Crippen molar-refractivity contribution < 1.29 is 4.79 Å². The van der Waals surface area contributed by atoms with Gasteiger partial charge in [-0.05, 0) is 32.1 Å². The van der Waals surface area contributed by atoms with Crippen molar-refractivity contribution in [2.75, 3.05) is 6.54 Å². The SMILES string of the molecule is CC1CCN(C(=O)C2(C)CC2)C1C. The smallest absolute Gasteiger partial charge is 0.228 e. The number of carbonyl (C=O) groups excluding carboxylic acids is 1. The summed E-state index contributed by atoms with van der Waals surface area (Å²) >= 11 is 0. The van der Waals surface area contributed by atoms with Crippen LogP contribution in [0, 0.1) is 11.3 Å². The van der Waals surface area contributed by atoms with Crippen molar-refractivity contribution in [1.82, 2.24) is 4.90 Å². The van der Waals surface area contributed by atoms with Gasteiger partial charge < -0.3 is 4.90 Å². The van der Waals surface area contributed by atoms with Gasteiger partial charge in [-0.2, -0.15) is 0 Å². The first-order valence-corrected chi connectivity index (χ1v) is 5.36. The standard InChI is InChI=1S/C11H19NO/c1-8-4-7-12(9(8)2)10(13)11(3)5-6-11/h8-9H,4-7H2,1-3H3. The quantitative estimate of drug-likeness (QED) is 0.606. The lowest BCUT2D eigenvalue weighted by molar-refractivity contribution is -0.137. The third kappa shape index (κ3) is 1.36. The minimum absolute atomic E-state index is 0.0261. The Morgan fingerprint density at radius 1 is 1.38 bits per heavy atom. The van der Waals surface area contributed by atoms with Crippen LogP contribution in [0.15, 0.2) is 0 Å². The Morgan fingerprint density at radius 2 is 2.00 bits per heavy atom. The zero-order valence-electron chi connectivity index (χ0n) is 8.84. The van der Waals surface area contributed by atoms with Crippen LogP contribution in [0.25, 0.3) is 0 Å². The van der Waals surface area contributed by atoms with Crippen LogP contribution in [0.4, 0.5) is 0 Å². The van der Waals surface area contributed by atoms with Gasteiger partial charge in [-0.25, -0.2) is 0 Å². The molecule has 2 heteroatoms. The number of nitrogens with zero attached hydrogens (tertiary/aromatic N) is 1. The molecule has 2 unspecified atom stereocenters. The number of likely N-dealkylation sites (tertiary alicyclic amines) is 1. The Labute approximate surface area is 80.3 Å². The number of rotatable bonds is 1. The van der Waals surface area contributed by atoms with E-state index in [1.807, 2.05) is 0 Å². The van der Waals surface area contributed by atoms with Crippen molar-refractivity contribution >= 4 is 5.91 Å². The third-order valence-corrected chi connectivity index (χ3v) is 3.92. The molecule has 0 N–H and O–H groups in total. The number of hydrogen-bond donors (Lipinski definition) is 0. The maximum Gasteiger partial charge on any atom is 0.228 e. The first-order chi connectivity index (χ1) is 6.04. The summed E-state index contributed by atoms with van der Waals surface area (Å²) in [5.74, 6) is 1.09. The molecule has 0 aromatic rings. The van der Waals surface area contributed by atoms with E-state index in [1.165, 1.54) is 6.42 Å². The van der Waals surface area contributed by atoms with Gasteiger partial charge in [0.2, 0.25) is 5.91 Å². The molecule has 0 spiro atoms. The van der Waals surface area contributed by atoms with Gasteiger partial charge in [0.1, 0.15) is 0 Å². The molecule has 0 aromatic heterocycles. The van der Waals surface area contributed by atoms with E-state index < -0.39 is 0 Å². The molecule has 1 saturated heterocycles. The van der Waals surface area contributed by atoms with Gasteiger partial charge in [0.25, 0.3) is 0 Å². The highest BCUT2D eigenvalue weighted by Gasteiger charge is 2.49. The molecule has 0 radical (unpaired) electrons. The van der Waals surface area contributed by atoms with Crippen molar-refractivity contribution in [2.24, 2.45) is 11.3 Å². The Balaban J connectivity index is 2.05. The molecule has 2 rings (SSSR count). The largest absolute Gasteiger partial charge is 0.339 e. The average molecular weight is 181 g/mol. The van der Waals surface area contributed by atoms with Crippen molar-refractivity contribution in [3.05, 3.63) is 0 Å². The third-order valence-electron chi connectivity index (χ3n) is 3.92. The zero-order chi connectivity index (χ0) is 9.64. The van der Waals surface area contributed by atoms with E-state index in [4.69, 9.17) is 0 Å². The second-order valence-electron chi connectivity index (χ2n) is 5.07. The van der Waals surface area contributed by atoms with Gasteiger partial charge in [-0.1, -0.05) is 13.8 Å². The Hall–Kier alpha value is -0.530. The highest BCUT2D eigenvalue weighted by atomic mass is 16.2. The van der Waals surface area contributed by atoms with E-state index in [1.54, 1.807) is 0 Å². The summed E-state index contributed by atoms with van der Waals surface area (Å²) < 4.78 is 0. The van der Waals surface area contributed by atoms with Crippen molar-refractivity contribution in [3.63, 3.8) is 0 Å². The zero-order valence-corrected chi connectivity index (χ0v) is 8.84. The van der Waals surface area contributed by atoms with Crippen LogP contribution in [-0.2, 0) is 4.79 Å². The Kier molecular flexibility index (Phi) is 1.90. The Bertz CT molecular complexity index is 232. The molecule has 1 amide bonds. The fourth-order valence-electron chi connectivity index (χ4n) is 2.13. The van der Waals surface area contributed by atoms with E-state index in [0.29, 0.717) is 17.9 Å². The lowest BCUT2D eigenvalue weighted by atomic mass is 10.0. The van der Waals surface area contributed by atoms with Crippen LogP contribution in [0.3, 0.4) is 0 Å². The predicted octanol–water partition coefficient (Wildman–Crippen LogP) is 2.04. The van der Waals surface area contributed by atoms with E-state index in [0.717, 1.165) is 19.4 Å². The normalized spacial score (nSPS) is 36.4. The fourth-order valence-corrected chi connectivity index (χ4v) is 2.13. The van der Waals surface area contributed by atoms with Gasteiger partial charge >= 0.3 is 0 Å². The molecule has 2 nitrogen and oxygen atoms in total. The molecule has 1 heterocycles. The summed E-state index contributed by atoms with van der Waals surface area (Å²) in [5, 5.41) is 0. The van der Waals surface area contributed by atoms with E-state index in [9.17, 15) is 4.79 Å². The first kappa shape index (κ1) is 9.04. The van der Waals surface area contributed by atoms with Crippen molar-refractivity contribution in [3.8, 4) is 0 Å². The summed E-state index contributed by atoms with van der Waals surface area (Å²) in [4.78, 5) is 14.1. The van der Waals surface area contributed by atoms with Crippen LogP contribution in [0.5, 0.6) is 0 Å². The lowest BCUT2D eigenvalue weighted by Gasteiger charge is -2.26. The van der Waals surface area contributed by atoms with Crippen LogP contribution in [0.1, 0.15) is 40.0 Å². The molecule has 1 aliphatic heterocycles. The number of carbonyl (C=O) groups is 1. The average Bonchev–Trinajstić information content (AvgIpc) is 2.76. The summed E-state index contributed by atoms with van der Waals surface area (Å²) in [6.07, 6.45) is 3.38. The second-order valence-corrected chi connectivity index (χ2v) is 5.07. The summed E-state index contributed by atoms with van der Waals surface area (Å²) in [5.41, 5.74) is 0.0261. The molecule has 1 saturated carbocycles. The second kappa shape index (κ2) is 2.73. The van der Waals surface area contributed by atoms with E-state index in [-0.39, 0.29) is 5.41 Å². The minimum Gasteiger partial charge on any atom is -0.339 e. The molecule has 1 aliphatic carbocycles. The molecule has 2 fully saturated rings.